The van der Waals surface area contributed by atoms with Crippen LogP contribution in [0.15, 0.2) is 24.3 Å². The largest absolute Gasteiger partial charge is 0.381 e. The van der Waals surface area contributed by atoms with Gasteiger partial charge in [0.2, 0.25) is 11.8 Å². The summed E-state index contributed by atoms with van der Waals surface area (Å²) in [6, 6.07) is 7.14. The van der Waals surface area contributed by atoms with Crippen LogP contribution >= 0.6 is 11.6 Å². The molecule has 0 saturated carbocycles. The molecule has 0 radical (unpaired) electrons. The molecule has 3 atom stereocenters. The molecule has 20 heavy (non-hydrogen) atoms. The van der Waals surface area contributed by atoms with Gasteiger partial charge in [-0.15, -0.1) is 0 Å². The maximum Gasteiger partial charge on any atom is 0.234 e. The maximum absolute atomic E-state index is 12.3. The molecule has 0 bridgehead atoms. The predicted octanol–water partition coefficient (Wildman–Crippen LogP) is 2.51. The van der Waals surface area contributed by atoms with Crippen molar-refractivity contribution in [2.24, 2.45) is 5.41 Å². The molecule has 1 heterocycles. The van der Waals surface area contributed by atoms with Crippen molar-refractivity contribution < 1.29 is 14.3 Å². The molecule has 0 aliphatic carbocycles. The molecule has 1 aliphatic rings. The lowest BCUT2D eigenvalue weighted by Gasteiger charge is -2.43. The Hall–Kier alpha value is -1.39. The van der Waals surface area contributed by atoms with Crippen LogP contribution in [0.1, 0.15) is 31.7 Å². The lowest BCUT2D eigenvalue weighted by atomic mass is 9.65. The maximum atomic E-state index is 12.3. The lowest BCUT2D eigenvalue weighted by molar-refractivity contribution is -0.144. The first-order valence-corrected chi connectivity index (χ1v) is 6.88. The zero-order valence-electron chi connectivity index (χ0n) is 11.8. The Kier molecular flexibility index (Phi) is 4.16. The molecule has 1 aliphatic heterocycles. The molecule has 2 rings (SSSR count). The van der Waals surface area contributed by atoms with E-state index in [1.807, 2.05) is 26.0 Å². The molecule has 1 fully saturated rings. The summed E-state index contributed by atoms with van der Waals surface area (Å²) >= 11 is 5.89. The van der Waals surface area contributed by atoms with Crippen LogP contribution in [0.3, 0.4) is 0 Å². The first-order chi connectivity index (χ1) is 9.38. The molecule has 1 aromatic carbocycles. The van der Waals surface area contributed by atoms with Gasteiger partial charge in [0.25, 0.3) is 0 Å². The fraction of sp³-hybridized carbons (Fsp3) is 0.467. The van der Waals surface area contributed by atoms with Crippen molar-refractivity contribution in [2.45, 2.75) is 32.3 Å². The number of hydrogen-bond acceptors (Lipinski definition) is 3. The number of hydrogen-bond donors (Lipinski definition) is 1. The van der Waals surface area contributed by atoms with Crippen LogP contribution < -0.4 is 5.32 Å². The quantitative estimate of drug-likeness (QED) is 0.872. The summed E-state index contributed by atoms with van der Waals surface area (Å²) in [6.07, 6.45) is 0.0271. The van der Waals surface area contributed by atoms with Gasteiger partial charge in [0.05, 0.1) is 12.0 Å². The van der Waals surface area contributed by atoms with E-state index in [0.29, 0.717) is 5.02 Å². The third kappa shape index (κ3) is 2.58. The van der Waals surface area contributed by atoms with E-state index in [4.69, 9.17) is 16.3 Å². The smallest absolute Gasteiger partial charge is 0.234 e. The second kappa shape index (κ2) is 5.54. The second-order valence-corrected chi connectivity index (χ2v) is 5.89. The second-order valence-electron chi connectivity index (χ2n) is 5.46. The topological polar surface area (TPSA) is 55.4 Å². The number of imide groups is 1. The van der Waals surface area contributed by atoms with Crippen LogP contribution in [-0.4, -0.2) is 25.0 Å². The van der Waals surface area contributed by atoms with E-state index in [2.05, 4.69) is 5.32 Å². The van der Waals surface area contributed by atoms with Gasteiger partial charge in [-0.1, -0.05) is 30.7 Å². The first-order valence-electron chi connectivity index (χ1n) is 6.50. The summed E-state index contributed by atoms with van der Waals surface area (Å²) in [6.45, 7) is 3.80. The molecule has 0 spiro atoms. The normalized spacial score (nSPS) is 28.1. The summed E-state index contributed by atoms with van der Waals surface area (Å²) in [5.41, 5.74) is 0.257. The Morgan fingerprint density at radius 2 is 1.95 bits per heavy atom. The fourth-order valence-corrected chi connectivity index (χ4v) is 2.96. The molecule has 1 N–H and O–H groups in total. The molecule has 108 valence electrons. The molecule has 4 nitrogen and oxygen atoms in total. The molecule has 0 aromatic heterocycles. The van der Waals surface area contributed by atoms with Gasteiger partial charge in [-0.3, -0.25) is 14.9 Å². The van der Waals surface area contributed by atoms with E-state index in [0.717, 1.165) is 5.56 Å². The monoisotopic (exact) mass is 295 g/mol. The van der Waals surface area contributed by atoms with Crippen LogP contribution in [0.4, 0.5) is 0 Å². The predicted molar refractivity (Wildman–Crippen MR) is 76.5 cm³/mol. The van der Waals surface area contributed by atoms with Gasteiger partial charge in [0, 0.05) is 24.0 Å². The Bertz CT molecular complexity index is 528. The summed E-state index contributed by atoms with van der Waals surface area (Å²) in [4.78, 5) is 24.0. The van der Waals surface area contributed by atoms with Crippen molar-refractivity contribution in [1.82, 2.24) is 5.32 Å². The number of carbonyl (C=O) groups excluding carboxylic acids is 2. The minimum absolute atomic E-state index is 0.224. The minimum Gasteiger partial charge on any atom is -0.381 e. The molecule has 1 aromatic rings. The van der Waals surface area contributed by atoms with E-state index in [1.165, 1.54) is 0 Å². The number of amides is 2. The van der Waals surface area contributed by atoms with Gasteiger partial charge in [-0.25, -0.2) is 0 Å². The highest BCUT2D eigenvalue weighted by Gasteiger charge is 2.49. The van der Waals surface area contributed by atoms with Crippen LogP contribution in [0.2, 0.25) is 5.02 Å². The fourth-order valence-electron chi connectivity index (χ4n) is 2.84. The SMILES string of the molecule is COC(C)C1(C)CC(=O)NC(=O)C1c1ccc(Cl)cc1. The van der Waals surface area contributed by atoms with E-state index in [-0.39, 0.29) is 24.3 Å². The van der Waals surface area contributed by atoms with Gasteiger partial charge >= 0.3 is 0 Å². The number of nitrogens with one attached hydrogen (secondary N) is 1. The Balaban J connectivity index is 2.47. The van der Waals surface area contributed by atoms with Crippen molar-refractivity contribution in [3.63, 3.8) is 0 Å². The third-order valence-electron chi connectivity index (χ3n) is 4.21. The third-order valence-corrected chi connectivity index (χ3v) is 4.46. The molecule has 1 saturated heterocycles. The molecule has 3 unspecified atom stereocenters. The standard InChI is InChI=1S/C15H18ClNO3/c1-9(20-3)15(2)8-12(18)17-14(19)13(15)10-4-6-11(16)7-5-10/h4-7,9,13H,8H2,1-3H3,(H,17,18,19). The summed E-state index contributed by atoms with van der Waals surface area (Å²) < 4.78 is 5.41. The first kappa shape index (κ1) is 15.0. The Morgan fingerprint density at radius 3 is 2.50 bits per heavy atom. The average Bonchev–Trinajstić information content (AvgIpc) is 2.39. The van der Waals surface area contributed by atoms with Crippen molar-refractivity contribution in [1.29, 1.82) is 0 Å². The van der Waals surface area contributed by atoms with E-state index in [9.17, 15) is 9.59 Å². The summed E-state index contributed by atoms with van der Waals surface area (Å²) in [7, 11) is 1.59. The van der Waals surface area contributed by atoms with Crippen LogP contribution in [0.5, 0.6) is 0 Å². The highest BCUT2D eigenvalue weighted by Crippen LogP contribution is 2.45. The number of piperidine rings is 1. The van der Waals surface area contributed by atoms with Crippen LogP contribution in [0, 0.1) is 5.41 Å². The number of rotatable bonds is 3. The number of carbonyl (C=O) groups is 2. The van der Waals surface area contributed by atoms with Crippen molar-refractivity contribution >= 4 is 23.4 Å². The van der Waals surface area contributed by atoms with Gasteiger partial charge in [-0.05, 0) is 24.6 Å². The highest BCUT2D eigenvalue weighted by atomic mass is 35.5. The van der Waals surface area contributed by atoms with E-state index < -0.39 is 11.3 Å². The molecule has 2 amide bonds. The van der Waals surface area contributed by atoms with E-state index in [1.54, 1.807) is 19.2 Å². The van der Waals surface area contributed by atoms with Crippen molar-refractivity contribution in [2.75, 3.05) is 7.11 Å². The number of benzene rings is 1. The van der Waals surface area contributed by atoms with Crippen molar-refractivity contribution in [3.05, 3.63) is 34.9 Å². The minimum atomic E-state index is -0.581. The highest BCUT2D eigenvalue weighted by molar-refractivity contribution is 6.30. The van der Waals surface area contributed by atoms with E-state index >= 15 is 0 Å². The van der Waals surface area contributed by atoms with Crippen LogP contribution in [0.25, 0.3) is 0 Å². The Labute approximate surface area is 123 Å². The zero-order valence-corrected chi connectivity index (χ0v) is 12.5. The van der Waals surface area contributed by atoms with Crippen molar-refractivity contribution in [3.8, 4) is 0 Å². The average molecular weight is 296 g/mol. The molecular weight excluding hydrogens is 278 g/mol. The summed E-state index contributed by atoms with van der Waals surface area (Å²) in [5.74, 6) is -0.978. The summed E-state index contributed by atoms with van der Waals surface area (Å²) in [5, 5.41) is 3.02. The number of methoxy groups -OCH3 is 1. The molecule has 5 heteroatoms. The Morgan fingerprint density at radius 1 is 1.35 bits per heavy atom. The van der Waals surface area contributed by atoms with Gasteiger partial charge < -0.3 is 4.74 Å². The van der Waals surface area contributed by atoms with Gasteiger partial charge in [-0.2, -0.15) is 0 Å². The molecular formula is C15H18ClNO3. The lowest BCUT2D eigenvalue weighted by Crippen LogP contribution is -2.53. The van der Waals surface area contributed by atoms with Gasteiger partial charge in [0.1, 0.15) is 0 Å². The number of ether oxygens (including phenoxy) is 1. The van der Waals surface area contributed by atoms with Crippen LogP contribution in [-0.2, 0) is 14.3 Å². The number of halogens is 1. The van der Waals surface area contributed by atoms with Gasteiger partial charge in [0.15, 0.2) is 0 Å². The zero-order chi connectivity index (χ0) is 14.9.